The molecule has 2 heterocycles. The molecule has 1 aliphatic heterocycles. The third kappa shape index (κ3) is 3.87. The minimum absolute atomic E-state index is 0.0813. The molecular formula is C25H23NO6. The zero-order valence-electron chi connectivity index (χ0n) is 18.0. The zero-order valence-corrected chi connectivity index (χ0v) is 18.0. The van der Waals surface area contributed by atoms with E-state index in [-0.39, 0.29) is 6.61 Å². The van der Waals surface area contributed by atoms with E-state index in [2.05, 4.69) is 10.9 Å². The Balaban J connectivity index is 1.87. The molecule has 0 aliphatic carbocycles. The number of aromatic amines is 1. The van der Waals surface area contributed by atoms with Gasteiger partial charge in [-0.2, -0.15) is 0 Å². The van der Waals surface area contributed by atoms with Crippen molar-refractivity contribution in [2.24, 2.45) is 5.92 Å². The van der Waals surface area contributed by atoms with Crippen LogP contribution in [0.4, 0.5) is 0 Å². The number of esters is 2. The second kappa shape index (κ2) is 8.31. The maximum absolute atomic E-state index is 13.0. The molecule has 0 amide bonds. The molecule has 1 aliphatic rings. The van der Waals surface area contributed by atoms with Crippen LogP contribution in [0.2, 0.25) is 0 Å². The summed E-state index contributed by atoms with van der Waals surface area (Å²) in [5.74, 6) is -1.18. The van der Waals surface area contributed by atoms with E-state index in [4.69, 9.17) is 25.4 Å². The van der Waals surface area contributed by atoms with Crippen molar-refractivity contribution in [3.8, 4) is 23.8 Å². The van der Waals surface area contributed by atoms with Gasteiger partial charge >= 0.3 is 11.9 Å². The lowest BCUT2D eigenvalue weighted by Crippen LogP contribution is -2.48. The van der Waals surface area contributed by atoms with Gasteiger partial charge < -0.3 is 23.9 Å². The van der Waals surface area contributed by atoms with E-state index in [0.29, 0.717) is 17.1 Å². The monoisotopic (exact) mass is 433 g/mol. The average molecular weight is 433 g/mol. The molecule has 164 valence electrons. The highest BCUT2D eigenvalue weighted by atomic mass is 16.7. The van der Waals surface area contributed by atoms with Crippen molar-refractivity contribution in [2.45, 2.75) is 25.6 Å². The first-order chi connectivity index (χ1) is 15.3. The second-order valence-corrected chi connectivity index (χ2v) is 7.89. The molecular weight excluding hydrogens is 410 g/mol. The van der Waals surface area contributed by atoms with E-state index in [1.165, 1.54) is 21.0 Å². The summed E-state index contributed by atoms with van der Waals surface area (Å²) in [6.07, 6.45) is 7.09. The van der Waals surface area contributed by atoms with Crippen LogP contribution in [0.5, 0.6) is 11.5 Å². The minimum atomic E-state index is -1.32. The van der Waals surface area contributed by atoms with E-state index < -0.39 is 29.6 Å². The highest BCUT2D eigenvalue weighted by molar-refractivity contribution is 5.99. The fourth-order valence-electron chi connectivity index (χ4n) is 4.02. The van der Waals surface area contributed by atoms with E-state index in [9.17, 15) is 9.59 Å². The standard InChI is InChI=1S/C25H23NO6/c1-5-12-30-19-11-10-15(13-20(19)29-4)21(17-14-26-18-9-7-6-8-16(17)18)22-23(27)31-25(2,3)32-24(22)28/h1,6-11,13-14,21-22,26H,12H2,2-4H3/t21-/m0/s1. The summed E-state index contributed by atoms with van der Waals surface area (Å²) in [7, 11) is 1.51. The molecule has 0 radical (unpaired) electrons. The Labute approximate surface area is 185 Å². The van der Waals surface area contributed by atoms with Gasteiger partial charge in [0, 0.05) is 36.9 Å². The first kappa shape index (κ1) is 21.3. The molecule has 1 saturated heterocycles. The van der Waals surface area contributed by atoms with Crippen molar-refractivity contribution in [3.63, 3.8) is 0 Å². The number of hydrogen-bond donors (Lipinski definition) is 1. The summed E-state index contributed by atoms with van der Waals surface area (Å²) in [5, 5.41) is 0.884. The van der Waals surface area contributed by atoms with Gasteiger partial charge in [0.2, 0.25) is 0 Å². The van der Waals surface area contributed by atoms with E-state index in [1.54, 1.807) is 24.4 Å². The van der Waals surface area contributed by atoms with Crippen molar-refractivity contribution in [1.29, 1.82) is 0 Å². The number of carbonyl (C=O) groups is 2. The summed E-state index contributed by atoms with van der Waals surface area (Å²) in [5.41, 5.74) is 2.31. The molecule has 7 heteroatoms. The van der Waals surface area contributed by atoms with Gasteiger partial charge in [-0.1, -0.05) is 30.2 Å². The molecule has 1 atom stereocenters. The van der Waals surface area contributed by atoms with Crippen LogP contribution in [0.1, 0.15) is 30.9 Å². The molecule has 3 aromatic rings. The maximum atomic E-state index is 13.0. The van der Waals surface area contributed by atoms with Crippen LogP contribution in [0, 0.1) is 18.3 Å². The van der Waals surface area contributed by atoms with Crippen LogP contribution in [0.15, 0.2) is 48.7 Å². The van der Waals surface area contributed by atoms with Crippen LogP contribution >= 0.6 is 0 Å². The number of H-pyrrole nitrogens is 1. The number of methoxy groups -OCH3 is 1. The first-order valence-electron chi connectivity index (χ1n) is 10.1. The average Bonchev–Trinajstić information content (AvgIpc) is 3.18. The lowest BCUT2D eigenvalue weighted by molar-refractivity contribution is -0.240. The van der Waals surface area contributed by atoms with Crippen LogP contribution in [-0.4, -0.2) is 36.4 Å². The van der Waals surface area contributed by atoms with Gasteiger partial charge in [0.25, 0.3) is 5.79 Å². The fourth-order valence-corrected chi connectivity index (χ4v) is 4.02. The molecule has 1 N–H and O–H groups in total. The minimum Gasteiger partial charge on any atom is -0.493 e. The molecule has 1 aromatic heterocycles. The van der Waals surface area contributed by atoms with Gasteiger partial charge in [0.15, 0.2) is 17.4 Å². The lowest BCUT2D eigenvalue weighted by Gasteiger charge is -2.36. The zero-order chi connectivity index (χ0) is 22.9. The number of hydrogen-bond acceptors (Lipinski definition) is 6. The normalized spacial score (nSPS) is 16.7. The predicted octanol–water partition coefficient (Wildman–Crippen LogP) is 3.77. The number of cyclic esters (lactones) is 2. The molecule has 2 aromatic carbocycles. The van der Waals surface area contributed by atoms with Gasteiger partial charge in [-0.25, -0.2) is 0 Å². The number of nitrogens with one attached hydrogen (secondary N) is 1. The molecule has 7 nitrogen and oxygen atoms in total. The Morgan fingerprint density at radius 3 is 2.53 bits per heavy atom. The molecule has 4 rings (SSSR count). The molecule has 32 heavy (non-hydrogen) atoms. The number of rotatable bonds is 6. The van der Waals surface area contributed by atoms with Crippen molar-refractivity contribution < 1.29 is 28.5 Å². The molecule has 0 spiro atoms. The summed E-state index contributed by atoms with van der Waals surface area (Å²) in [6.45, 7) is 3.14. The third-order valence-corrected chi connectivity index (χ3v) is 5.35. The smallest absolute Gasteiger partial charge is 0.324 e. The number of ether oxygens (including phenoxy) is 4. The molecule has 0 saturated carbocycles. The van der Waals surface area contributed by atoms with E-state index >= 15 is 0 Å². The largest absolute Gasteiger partial charge is 0.493 e. The number of para-hydroxylation sites is 1. The van der Waals surface area contributed by atoms with Crippen LogP contribution < -0.4 is 9.47 Å². The summed E-state index contributed by atoms with van der Waals surface area (Å²) in [6, 6.07) is 12.9. The van der Waals surface area contributed by atoms with Gasteiger partial charge in [-0.3, -0.25) is 9.59 Å². The molecule has 1 fully saturated rings. The summed E-state index contributed by atoms with van der Waals surface area (Å²) >= 11 is 0. The number of terminal acetylenes is 1. The highest BCUT2D eigenvalue weighted by Crippen LogP contribution is 2.43. The SMILES string of the molecule is C#CCOc1ccc([C@@H](c2c[nH]c3ccccc23)C2C(=O)OC(C)(C)OC2=O)cc1OC. The van der Waals surface area contributed by atoms with Crippen LogP contribution in [-0.2, 0) is 19.1 Å². The van der Waals surface area contributed by atoms with Crippen molar-refractivity contribution in [3.05, 3.63) is 59.8 Å². The van der Waals surface area contributed by atoms with Gasteiger partial charge in [0.05, 0.1) is 7.11 Å². The Morgan fingerprint density at radius 1 is 1.12 bits per heavy atom. The number of carbonyl (C=O) groups excluding carboxylic acids is 2. The third-order valence-electron chi connectivity index (χ3n) is 5.35. The van der Waals surface area contributed by atoms with Crippen LogP contribution in [0.3, 0.4) is 0 Å². The number of fused-ring (bicyclic) bond motifs is 1. The van der Waals surface area contributed by atoms with Gasteiger partial charge in [-0.05, 0) is 29.3 Å². The van der Waals surface area contributed by atoms with Crippen molar-refractivity contribution in [2.75, 3.05) is 13.7 Å². The van der Waals surface area contributed by atoms with Gasteiger partial charge in [-0.15, -0.1) is 6.42 Å². The second-order valence-electron chi connectivity index (χ2n) is 7.89. The Morgan fingerprint density at radius 2 is 1.84 bits per heavy atom. The van der Waals surface area contributed by atoms with Crippen LogP contribution in [0.25, 0.3) is 10.9 Å². The van der Waals surface area contributed by atoms with Crippen molar-refractivity contribution >= 4 is 22.8 Å². The van der Waals surface area contributed by atoms with Gasteiger partial charge in [0.1, 0.15) is 6.61 Å². The summed E-state index contributed by atoms with van der Waals surface area (Å²) < 4.78 is 21.9. The fraction of sp³-hybridized carbons (Fsp3) is 0.280. The molecule has 0 bridgehead atoms. The topological polar surface area (TPSA) is 86.9 Å². The highest BCUT2D eigenvalue weighted by Gasteiger charge is 2.48. The Bertz CT molecular complexity index is 1200. The van der Waals surface area contributed by atoms with E-state index in [0.717, 1.165) is 16.5 Å². The Hall–Kier alpha value is -3.92. The summed E-state index contributed by atoms with van der Waals surface area (Å²) in [4.78, 5) is 29.2. The van der Waals surface area contributed by atoms with E-state index in [1.807, 2.05) is 24.3 Å². The Kier molecular flexibility index (Phi) is 5.54. The number of aromatic nitrogens is 1. The molecule has 0 unspecified atom stereocenters. The first-order valence-corrected chi connectivity index (χ1v) is 10.1. The quantitative estimate of drug-likeness (QED) is 0.362. The predicted molar refractivity (Wildman–Crippen MR) is 117 cm³/mol. The van der Waals surface area contributed by atoms with Crippen molar-refractivity contribution in [1.82, 2.24) is 4.98 Å². The lowest BCUT2D eigenvalue weighted by atomic mass is 9.80. The number of benzene rings is 2. The maximum Gasteiger partial charge on any atom is 0.324 e.